The van der Waals surface area contributed by atoms with Crippen LogP contribution in [0.25, 0.3) is 54.3 Å². The fourth-order valence-corrected chi connectivity index (χ4v) is 7.48. The second kappa shape index (κ2) is 11.5. The molecule has 2 aromatic heterocycles. The van der Waals surface area contributed by atoms with Crippen molar-refractivity contribution in [1.29, 1.82) is 0 Å². The van der Waals surface area contributed by atoms with Crippen LogP contribution in [0.15, 0.2) is 108 Å². The van der Waals surface area contributed by atoms with E-state index in [-0.39, 0.29) is 4.90 Å². The van der Waals surface area contributed by atoms with Gasteiger partial charge in [-0.25, -0.2) is 21.8 Å². The zero-order chi connectivity index (χ0) is 32.1. The monoisotopic (exact) mass is 672 g/mol. The fourth-order valence-electron chi connectivity index (χ4n) is 5.09. The molecule has 0 aliphatic heterocycles. The number of rotatable bonds is 7. The number of hydrogen-bond acceptors (Lipinski definition) is 7. The molecule has 4 aromatic carbocycles. The molecule has 0 aliphatic rings. The van der Waals surface area contributed by atoms with Gasteiger partial charge in [0.05, 0.1) is 25.7 Å². The molecular formula is C35H29ClN2O4S3. The summed E-state index contributed by atoms with van der Waals surface area (Å²) in [5.41, 5.74) is 6.47. The molecule has 0 amide bonds. The number of sulfone groups is 2. The standard InChI is InChI=1S/C35H29ClN2O4S3/c1-35(2,45(4,41)42)27-20-25-9-6-18-37-31(25)30(21-27)24-7-5-8-26(19-24)33-32(22-12-16-29(17-13-22)44(3,39)40)38-34(43-33)23-10-14-28(36)15-11-23/h5-21H,1-4H3. The molecule has 6 rings (SSSR count). The molecule has 2 heterocycles. The quantitative estimate of drug-likeness (QED) is 0.168. The number of hydrogen-bond donors (Lipinski definition) is 0. The molecular weight excluding hydrogens is 644 g/mol. The summed E-state index contributed by atoms with van der Waals surface area (Å²) in [6, 6.07) is 29.9. The topological polar surface area (TPSA) is 94.1 Å². The average Bonchev–Trinajstić information content (AvgIpc) is 3.46. The molecule has 10 heteroatoms. The first-order valence-electron chi connectivity index (χ1n) is 14.0. The van der Waals surface area contributed by atoms with Gasteiger partial charge in [0, 0.05) is 45.8 Å². The van der Waals surface area contributed by atoms with Crippen LogP contribution in [0, 0.1) is 0 Å². The van der Waals surface area contributed by atoms with Gasteiger partial charge in [0.25, 0.3) is 0 Å². The maximum Gasteiger partial charge on any atom is 0.175 e. The van der Waals surface area contributed by atoms with Crippen LogP contribution >= 0.6 is 22.9 Å². The molecule has 0 aliphatic carbocycles. The molecule has 0 unspecified atom stereocenters. The van der Waals surface area contributed by atoms with Crippen molar-refractivity contribution in [2.75, 3.05) is 12.5 Å². The lowest BCUT2D eigenvalue weighted by molar-refractivity contribution is 0.561. The molecule has 0 bridgehead atoms. The lowest BCUT2D eigenvalue weighted by Gasteiger charge is -2.24. The van der Waals surface area contributed by atoms with Crippen LogP contribution in [0.3, 0.4) is 0 Å². The van der Waals surface area contributed by atoms with Crippen molar-refractivity contribution < 1.29 is 16.8 Å². The van der Waals surface area contributed by atoms with Gasteiger partial charge in [0.2, 0.25) is 0 Å². The molecule has 0 fully saturated rings. The highest BCUT2D eigenvalue weighted by Gasteiger charge is 2.33. The van der Waals surface area contributed by atoms with Gasteiger partial charge >= 0.3 is 0 Å². The molecule has 0 N–H and O–H groups in total. The second-order valence-corrected chi connectivity index (χ2v) is 17.5. The number of thiazole rings is 1. The third-order valence-electron chi connectivity index (χ3n) is 8.04. The van der Waals surface area contributed by atoms with Crippen LogP contribution < -0.4 is 0 Å². The van der Waals surface area contributed by atoms with Gasteiger partial charge in [0.15, 0.2) is 19.7 Å². The van der Waals surface area contributed by atoms with E-state index >= 15 is 0 Å². The highest BCUT2D eigenvalue weighted by molar-refractivity contribution is 7.91. The first-order chi connectivity index (χ1) is 21.2. The van der Waals surface area contributed by atoms with Crippen LogP contribution in [-0.2, 0) is 24.4 Å². The second-order valence-electron chi connectivity index (χ2n) is 11.5. The molecule has 6 aromatic rings. The Morgan fingerprint density at radius 3 is 2.07 bits per heavy atom. The van der Waals surface area contributed by atoms with Gasteiger partial charge in [-0.2, -0.15) is 0 Å². The summed E-state index contributed by atoms with van der Waals surface area (Å²) in [5.74, 6) is 0. The van der Waals surface area contributed by atoms with Gasteiger partial charge in [-0.3, -0.25) is 4.98 Å². The minimum atomic E-state index is -3.42. The normalized spacial score (nSPS) is 12.5. The minimum absolute atomic E-state index is 0.235. The van der Waals surface area contributed by atoms with Gasteiger partial charge < -0.3 is 0 Å². The van der Waals surface area contributed by atoms with Crippen LogP contribution in [-0.4, -0.2) is 39.3 Å². The van der Waals surface area contributed by atoms with Crippen LogP contribution in [0.1, 0.15) is 19.4 Å². The van der Waals surface area contributed by atoms with Crippen LogP contribution in [0.2, 0.25) is 5.02 Å². The van der Waals surface area contributed by atoms with E-state index in [0.717, 1.165) is 54.3 Å². The fraction of sp³-hybridized carbons (Fsp3) is 0.143. The average molecular weight is 673 g/mol. The van der Waals surface area contributed by atoms with Crippen LogP contribution in [0.5, 0.6) is 0 Å². The van der Waals surface area contributed by atoms with Crippen molar-refractivity contribution >= 4 is 53.5 Å². The van der Waals surface area contributed by atoms with Gasteiger partial charge in [0.1, 0.15) is 5.01 Å². The summed E-state index contributed by atoms with van der Waals surface area (Å²) in [5, 5.41) is 2.27. The third kappa shape index (κ3) is 6.05. The molecule has 45 heavy (non-hydrogen) atoms. The summed E-state index contributed by atoms with van der Waals surface area (Å²) >= 11 is 7.68. The Balaban J connectivity index is 1.55. The van der Waals surface area contributed by atoms with Crippen molar-refractivity contribution in [3.8, 4) is 43.4 Å². The van der Waals surface area contributed by atoms with Crippen molar-refractivity contribution in [3.63, 3.8) is 0 Å². The lowest BCUT2D eigenvalue weighted by Crippen LogP contribution is -2.28. The first-order valence-corrected chi connectivity index (χ1v) is 19.0. The van der Waals surface area contributed by atoms with Gasteiger partial charge in [-0.1, -0.05) is 60.1 Å². The van der Waals surface area contributed by atoms with Crippen molar-refractivity contribution in [3.05, 3.63) is 114 Å². The predicted molar refractivity (Wildman–Crippen MR) is 185 cm³/mol. The van der Waals surface area contributed by atoms with E-state index in [4.69, 9.17) is 16.6 Å². The molecule has 0 atom stereocenters. The Morgan fingerprint density at radius 1 is 0.733 bits per heavy atom. The maximum absolute atomic E-state index is 12.8. The first kappa shape index (κ1) is 31.1. The third-order valence-corrected chi connectivity index (χ3v) is 12.7. The lowest BCUT2D eigenvalue weighted by atomic mass is 9.92. The van der Waals surface area contributed by atoms with Crippen molar-refractivity contribution in [2.24, 2.45) is 0 Å². The largest absolute Gasteiger partial charge is 0.256 e. The Morgan fingerprint density at radius 2 is 1.40 bits per heavy atom. The Kier molecular flexibility index (Phi) is 7.93. The van der Waals surface area contributed by atoms with Gasteiger partial charge in [-0.05, 0) is 79.1 Å². The van der Waals surface area contributed by atoms with Crippen LogP contribution in [0.4, 0.5) is 0 Å². The van der Waals surface area contributed by atoms with E-state index in [0.29, 0.717) is 10.6 Å². The van der Waals surface area contributed by atoms with E-state index < -0.39 is 24.4 Å². The Bertz CT molecular complexity index is 2290. The Labute approximate surface area is 272 Å². The van der Waals surface area contributed by atoms with Crippen molar-refractivity contribution in [1.82, 2.24) is 9.97 Å². The number of pyridine rings is 1. The SMILES string of the molecule is CC(C)(c1cc(-c2cccc(-c3sc(-c4ccc(Cl)cc4)nc3-c3ccc(S(C)(=O)=O)cc3)c2)c2ncccc2c1)S(C)(=O)=O. The summed E-state index contributed by atoms with van der Waals surface area (Å²) in [6.45, 7) is 3.44. The number of aromatic nitrogens is 2. The predicted octanol–water partition coefficient (Wildman–Crippen LogP) is 8.70. The number of fused-ring (bicyclic) bond motifs is 1. The Hall–Kier alpha value is -3.89. The molecule has 6 nitrogen and oxygen atoms in total. The number of halogens is 1. The van der Waals surface area contributed by atoms with E-state index in [9.17, 15) is 16.8 Å². The summed E-state index contributed by atoms with van der Waals surface area (Å²) < 4.78 is 48.7. The highest BCUT2D eigenvalue weighted by atomic mass is 35.5. The highest BCUT2D eigenvalue weighted by Crippen LogP contribution is 2.43. The number of nitrogens with zero attached hydrogens (tertiary/aromatic N) is 2. The minimum Gasteiger partial charge on any atom is -0.256 e. The van der Waals surface area contributed by atoms with E-state index in [1.54, 1.807) is 44.3 Å². The molecule has 228 valence electrons. The summed E-state index contributed by atoms with van der Waals surface area (Å²) in [7, 11) is -6.78. The zero-order valence-electron chi connectivity index (χ0n) is 24.9. The molecule has 0 saturated heterocycles. The van der Waals surface area contributed by atoms with E-state index in [1.807, 2.05) is 66.7 Å². The smallest absolute Gasteiger partial charge is 0.175 e. The molecule has 0 spiro atoms. The summed E-state index contributed by atoms with van der Waals surface area (Å²) in [6.07, 6.45) is 4.18. The molecule has 0 radical (unpaired) electrons. The summed E-state index contributed by atoms with van der Waals surface area (Å²) in [4.78, 5) is 10.8. The van der Waals surface area contributed by atoms with E-state index in [1.165, 1.54) is 23.8 Å². The number of benzene rings is 4. The maximum atomic E-state index is 12.8. The van der Waals surface area contributed by atoms with Gasteiger partial charge in [-0.15, -0.1) is 11.3 Å². The van der Waals surface area contributed by atoms with Crippen molar-refractivity contribution in [2.45, 2.75) is 23.5 Å². The zero-order valence-corrected chi connectivity index (χ0v) is 28.2. The van der Waals surface area contributed by atoms with E-state index in [2.05, 4.69) is 11.1 Å². The molecule has 0 saturated carbocycles.